The van der Waals surface area contributed by atoms with Gasteiger partial charge in [0.1, 0.15) is 0 Å². The molecule has 1 N–H and O–H groups in total. The molecule has 6 heteroatoms. The Morgan fingerprint density at radius 3 is 2.83 bits per heavy atom. The molecule has 0 atom stereocenters. The molecule has 23 heavy (non-hydrogen) atoms. The van der Waals surface area contributed by atoms with Crippen LogP contribution in [0.2, 0.25) is 0 Å². The van der Waals surface area contributed by atoms with Crippen molar-refractivity contribution in [1.29, 1.82) is 0 Å². The molecule has 3 aromatic rings. The number of carbonyl (C=O) groups excluding carboxylic acids is 1. The minimum atomic E-state index is -0.226. The van der Waals surface area contributed by atoms with Gasteiger partial charge in [0.05, 0.1) is 12.0 Å². The molecule has 120 valence electrons. The summed E-state index contributed by atoms with van der Waals surface area (Å²) in [7, 11) is 0. The van der Waals surface area contributed by atoms with Crippen molar-refractivity contribution >= 4 is 5.91 Å². The Labute approximate surface area is 134 Å². The first-order valence-corrected chi connectivity index (χ1v) is 7.56. The van der Waals surface area contributed by atoms with E-state index >= 15 is 0 Å². The second kappa shape index (κ2) is 6.56. The van der Waals surface area contributed by atoms with Crippen molar-refractivity contribution in [2.75, 3.05) is 6.54 Å². The van der Waals surface area contributed by atoms with Crippen LogP contribution in [-0.2, 0) is 6.54 Å². The molecule has 0 saturated heterocycles. The Morgan fingerprint density at radius 1 is 1.26 bits per heavy atom. The molecule has 0 spiro atoms. The van der Waals surface area contributed by atoms with Crippen molar-refractivity contribution in [3.8, 4) is 11.5 Å². The Kier molecular flexibility index (Phi) is 4.32. The number of nitrogens with zero attached hydrogens (tertiary/aromatic N) is 2. The summed E-state index contributed by atoms with van der Waals surface area (Å²) in [5.74, 6) is 1.20. The van der Waals surface area contributed by atoms with Gasteiger partial charge in [0.15, 0.2) is 17.3 Å². The SMILES string of the molecule is Cc1cc(C)n(CCCNC(=O)c2ccc(-c3ccco3)o2)n1. The van der Waals surface area contributed by atoms with Gasteiger partial charge in [-0.05, 0) is 50.6 Å². The summed E-state index contributed by atoms with van der Waals surface area (Å²) in [5.41, 5.74) is 2.13. The highest BCUT2D eigenvalue weighted by atomic mass is 16.4. The largest absolute Gasteiger partial charge is 0.461 e. The van der Waals surface area contributed by atoms with Crippen molar-refractivity contribution < 1.29 is 13.6 Å². The Morgan fingerprint density at radius 2 is 2.13 bits per heavy atom. The van der Waals surface area contributed by atoms with E-state index in [1.165, 1.54) is 0 Å². The van der Waals surface area contributed by atoms with Crippen molar-refractivity contribution in [2.45, 2.75) is 26.8 Å². The van der Waals surface area contributed by atoms with E-state index in [9.17, 15) is 4.79 Å². The van der Waals surface area contributed by atoms with Gasteiger partial charge in [-0.1, -0.05) is 0 Å². The molecule has 0 bridgehead atoms. The number of aryl methyl sites for hydroxylation is 3. The average Bonchev–Trinajstić information content (AvgIpc) is 3.24. The normalized spacial score (nSPS) is 10.9. The predicted octanol–water partition coefficient (Wildman–Crippen LogP) is 3.17. The number of carbonyl (C=O) groups is 1. The third kappa shape index (κ3) is 3.53. The quantitative estimate of drug-likeness (QED) is 0.709. The van der Waals surface area contributed by atoms with Crippen LogP contribution in [0.4, 0.5) is 0 Å². The highest BCUT2D eigenvalue weighted by Crippen LogP contribution is 2.22. The van der Waals surface area contributed by atoms with Crippen LogP contribution >= 0.6 is 0 Å². The number of amides is 1. The highest BCUT2D eigenvalue weighted by molar-refractivity contribution is 5.91. The van der Waals surface area contributed by atoms with Gasteiger partial charge in [0, 0.05) is 18.8 Å². The van der Waals surface area contributed by atoms with Crippen molar-refractivity contribution in [1.82, 2.24) is 15.1 Å². The van der Waals surface area contributed by atoms with Crippen molar-refractivity contribution in [3.05, 3.63) is 53.7 Å². The molecule has 0 fully saturated rings. The number of aromatic nitrogens is 2. The lowest BCUT2D eigenvalue weighted by molar-refractivity contribution is 0.0925. The summed E-state index contributed by atoms with van der Waals surface area (Å²) in [6.45, 7) is 5.33. The van der Waals surface area contributed by atoms with Crippen LogP contribution in [0.15, 0.2) is 45.4 Å². The number of nitrogens with one attached hydrogen (secondary N) is 1. The first-order valence-electron chi connectivity index (χ1n) is 7.56. The molecule has 0 aliphatic heterocycles. The first kappa shape index (κ1) is 15.1. The molecule has 3 aromatic heterocycles. The van der Waals surface area contributed by atoms with E-state index in [2.05, 4.69) is 10.4 Å². The molecule has 3 rings (SSSR count). The third-order valence-corrected chi connectivity index (χ3v) is 3.53. The zero-order valence-corrected chi connectivity index (χ0v) is 13.2. The van der Waals surface area contributed by atoms with Gasteiger partial charge >= 0.3 is 0 Å². The molecular formula is C17H19N3O3. The van der Waals surface area contributed by atoms with Gasteiger partial charge in [-0.25, -0.2) is 0 Å². The van der Waals surface area contributed by atoms with Gasteiger partial charge in [0.2, 0.25) is 0 Å². The molecule has 0 aliphatic rings. The van der Waals surface area contributed by atoms with Crippen molar-refractivity contribution in [3.63, 3.8) is 0 Å². The minimum absolute atomic E-state index is 0.226. The van der Waals surface area contributed by atoms with Crippen LogP contribution in [0, 0.1) is 13.8 Å². The number of hydrogen-bond acceptors (Lipinski definition) is 4. The topological polar surface area (TPSA) is 73.2 Å². The van der Waals surface area contributed by atoms with E-state index in [4.69, 9.17) is 8.83 Å². The van der Waals surface area contributed by atoms with Crippen molar-refractivity contribution in [2.24, 2.45) is 0 Å². The molecule has 0 saturated carbocycles. The fourth-order valence-electron chi connectivity index (χ4n) is 2.43. The maximum absolute atomic E-state index is 12.1. The van der Waals surface area contributed by atoms with E-state index in [1.54, 1.807) is 30.5 Å². The van der Waals surface area contributed by atoms with E-state index in [0.717, 1.165) is 24.4 Å². The Hall–Kier alpha value is -2.76. The second-order valence-corrected chi connectivity index (χ2v) is 5.40. The minimum Gasteiger partial charge on any atom is -0.461 e. The lowest BCUT2D eigenvalue weighted by Gasteiger charge is -2.05. The number of rotatable bonds is 6. The lowest BCUT2D eigenvalue weighted by atomic mass is 10.3. The summed E-state index contributed by atoms with van der Waals surface area (Å²) >= 11 is 0. The Bertz CT molecular complexity index is 784. The molecule has 0 unspecified atom stereocenters. The average molecular weight is 313 g/mol. The maximum atomic E-state index is 12.1. The van der Waals surface area contributed by atoms with Crippen LogP contribution in [-0.4, -0.2) is 22.2 Å². The van der Waals surface area contributed by atoms with Crippen LogP contribution in [0.5, 0.6) is 0 Å². The van der Waals surface area contributed by atoms with E-state index in [0.29, 0.717) is 18.1 Å². The van der Waals surface area contributed by atoms with E-state index in [-0.39, 0.29) is 11.7 Å². The van der Waals surface area contributed by atoms with Gasteiger partial charge in [-0.2, -0.15) is 5.10 Å². The fraction of sp³-hybridized carbons (Fsp3) is 0.294. The summed E-state index contributed by atoms with van der Waals surface area (Å²) in [6, 6.07) is 8.97. The highest BCUT2D eigenvalue weighted by Gasteiger charge is 2.13. The van der Waals surface area contributed by atoms with Gasteiger partial charge in [-0.3, -0.25) is 9.48 Å². The molecule has 1 amide bonds. The van der Waals surface area contributed by atoms with Gasteiger partial charge in [-0.15, -0.1) is 0 Å². The predicted molar refractivity (Wildman–Crippen MR) is 85.1 cm³/mol. The molecule has 0 radical (unpaired) electrons. The van der Waals surface area contributed by atoms with Gasteiger partial charge < -0.3 is 14.2 Å². The Balaban J connectivity index is 1.49. The standard InChI is InChI=1S/C17H19N3O3/c1-12-11-13(2)20(19-12)9-4-8-18-17(21)16-7-6-15(23-16)14-5-3-10-22-14/h3,5-7,10-11H,4,8-9H2,1-2H3,(H,18,21). The third-order valence-electron chi connectivity index (χ3n) is 3.53. The lowest BCUT2D eigenvalue weighted by Crippen LogP contribution is -2.25. The molecule has 3 heterocycles. The summed E-state index contributed by atoms with van der Waals surface area (Å²) in [6.07, 6.45) is 2.37. The molecule has 6 nitrogen and oxygen atoms in total. The van der Waals surface area contributed by atoms with Crippen LogP contribution in [0.1, 0.15) is 28.4 Å². The first-order chi connectivity index (χ1) is 11.1. The maximum Gasteiger partial charge on any atom is 0.287 e. The van der Waals surface area contributed by atoms with Crippen LogP contribution in [0.3, 0.4) is 0 Å². The summed E-state index contributed by atoms with van der Waals surface area (Å²) in [5, 5.41) is 7.24. The summed E-state index contributed by atoms with van der Waals surface area (Å²) in [4.78, 5) is 12.1. The monoisotopic (exact) mass is 313 g/mol. The zero-order valence-electron chi connectivity index (χ0n) is 13.2. The molecule has 0 aromatic carbocycles. The molecular weight excluding hydrogens is 294 g/mol. The summed E-state index contributed by atoms with van der Waals surface area (Å²) < 4.78 is 12.7. The number of furan rings is 2. The smallest absolute Gasteiger partial charge is 0.287 e. The molecule has 0 aliphatic carbocycles. The zero-order chi connectivity index (χ0) is 16.2. The van der Waals surface area contributed by atoms with Crippen LogP contribution < -0.4 is 5.32 Å². The second-order valence-electron chi connectivity index (χ2n) is 5.40. The van der Waals surface area contributed by atoms with Crippen LogP contribution in [0.25, 0.3) is 11.5 Å². The van der Waals surface area contributed by atoms with E-state index < -0.39 is 0 Å². The number of hydrogen-bond donors (Lipinski definition) is 1. The van der Waals surface area contributed by atoms with Gasteiger partial charge in [0.25, 0.3) is 5.91 Å². The van der Waals surface area contributed by atoms with E-state index in [1.807, 2.05) is 24.6 Å². The fourth-order valence-corrected chi connectivity index (χ4v) is 2.43.